The van der Waals surface area contributed by atoms with Gasteiger partial charge in [0.25, 0.3) is 0 Å². The van der Waals surface area contributed by atoms with Gasteiger partial charge in [-0.1, -0.05) is 26.0 Å². The minimum absolute atomic E-state index is 0.275. The van der Waals surface area contributed by atoms with Gasteiger partial charge in [0.05, 0.1) is 12.2 Å². The number of aliphatic hydroxyl groups is 1. The lowest BCUT2D eigenvalue weighted by molar-refractivity contribution is -0.00629. The molecule has 1 aromatic carbocycles. The topological polar surface area (TPSA) is 32.7 Å². The summed E-state index contributed by atoms with van der Waals surface area (Å²) >= 11 is 0. The predicted molar refractivity (Wildman–Crippen MR) is 82.1 cm³/mol. The molecule has 1 unspecified atom stereocenters. The van der Waals surface area contributed by atoms with Gasteiger partial charge in [-0.2, -0.15) is 0 Å². The zero-order valence-electron chi connectivity index (χ0n) is 13.1. The smallest absolute Gasteiger partial charge is 0.119 e. The Morgan fingerprint density at radius 2 is 1.75 bits per heavy atom. The minimum Gasteiger partial charge on any atom is -0.490 e. The molecular formula is C17H27NO2. The van der Waals surface area contributed by atoms with Crippen molar-refractivity contribution < 1.29 is 9.84 Å². The normalized spacial score (nSPS) is 17.3. The fourth-order valence-corrected chi connectivity index (χ4v) is 2.73. The Balaban J connectivity index is 2.08. The summed E-state index contributed by atoms with van der Waals surface area (Å²) in [5.74, 6) is 0.907. The third-order valence-electron chi connectivity index (χ3n) is 4.27. The average Bonchev–Trinajstić information content (AvgIpc) is 3.24. The molecule has 0 bridgehead atoms. The van der Waals surface area contributed by atoms with Gasteiger partial charge in [0.1, 0.15) is 5.75 Å². The molecule has 2 rings (SSSR count). The summed E-state index contributed by atoms with van der Waals surface area (Å²) in [6, 6.07) is 7.89. The number of benzene rings is 1. The Kier molecular flexibility index (Phi) is 4.71. The zero-order chi connectivity index (χ0) is 14.8. The molecule has 1 saturated carbocycles. The molecule has 0 aliphatic heterocycles. The number of rotatable bonds is 7. The van der Waals surface area contributed by atoms with Crippen LogP contribution in [0.1, 0.15) is 52.2 Å². The SMILES string of the molecule is CCN(CC)C(C)(C)C(O)c1ccc(OC2CC2)cc1. The van der Waals surface area contributed by atoms with E-state index < -0.39 is 6.10 Å². The molecule has 1 atom stereocenters. The van der Waals surface area contributed by atoms with Crippen molar-refractivity contribution in [1.29, 1.82) is 0 Å². The number of hydrogen-bond donors (Lipinski definition) is 1. The van der Waals surface area contributed by atoms with E-state index in [0.29, 0.717) is 6.10 Å². The van der Waals surface area contributed by atoms with E-state index in [4.69, 9.17) is 4.74 Å². The van der Waals surface area contributed by atoms with Crippen LogP contribution >= 0.6 is 0 Å². The van der Waals surface area contributed by atoms with Crippen LogP contribution in [0.15, 0.2) is 24.3 Å². The number of ether oxygens (including phenoxy) is 1. The first-order valence-electron chi connectivity index (χ1n) is 7.68. The van der Waals surface area contributed by atoms with E-state index in [1.54, 1.807) is 0 Å². The molecule has 1 aliphatic rings. The lowest BCUT2D eigenvalue weighted by atomic mass is 9.89. The second-order valence-corrected chi connectivity index (χ2v) is 6.11. The van der Waals surface area contributed by atoms with Crippen molar-refractivity contribution in [2.45, 2.75) is 58.3 Å². The quantitative estimate of drug-likeness (QED) is 0.829. The summed E-state index contributed by atoms with van der Waals surface area (Å²) in [4.78, 5) is 2.28. The van der Waals surface area contributed by atoms with Crippen LogP contribution in [0.4, 0.5) is 0 Å². The maximum absolute atomic E-state index is 10.7. The zero-order valence-corrected chi connectivity index (χ0v) is 13.1. The first kappa shape index (κ1) is 15.3. The molecule has 3 nitrogen and oxygen atoms in total. The number of aliphatic hydroxyl groups excluding tert-OH is 1. The largest absolute Gasteiger partial charge is 0.490 e. The fraction of sp³-hybridized carbons (Fsp3) is 0.647. The molecule has 0 radical (unpaired) electrons. The molecule has 0 spiro atoms. The number of likely N-dealkylation sites (N-methyl/N-ethyl adjacent to an activating group) is 1. The molecule has 1 aliphatic carbocycles. The first-order chi connectivity index (χ1) is 9.48. The van der Waals surface area contributed by atoms with Crippen LogP contribution < -0.4 is 4.74 Å². The molecular weight excluding hydrogens is 250 g/mol. The standard InChI is InChI=1S/C17H27NO2/c1-5-18(6-2)17(3,4)16(19)13-7-9-14(10-8-13)20-15-11-12-15/h7-10,15-16,19H,5-6,11-12H2,1-4H3. The van der Waals surface area contributed by atoms with Gasteiger partial charge < -0.3 is 9.84 Å². The summed E-state index contributed by atoms with van der Waals surface area (Å²) < 4.78 is 5.74. The Hall–Kier alpha value is -1.06. The van der Waals surface area contributed by atoms with Crippen molar-refractivity contribution in [3.63, 3.8) is 0 Å². The van der Waals surface area contributed by atoms with Gasteiger partial charge >= 0.3 is 0 Å². The van der Waals surface area contributed by atoms with Crippen molar-refractivity contribution in [3.8, 4) is 5.75 Å². The summed E-state index contributed by atoms with van der Waals surface area (Å²) in [6.45, 7) is 10.3. The lowest BCUT2D eigenvalue weighted by Crippen LogP contribution is -2.48. The van der Waals surface area contributed by atoms with Crippen molar-refractivity contribution in [3.05, 3.63) is 29.8 Å². The molecule has 1 aromatic rings. The van der Waals surface area contributed by atoms with Crippen LogP contribution in [-0.2, 0) is 0 Å². The second-order valence-electron chi connectivity index (χ2n) is 6.11. The van der Waals surface area contributed by atoms with Gasteiger partial charge in [-0.3, -0.25) is 4.90 Å². The molecule has 0 saturated heterocycles. The molecule has 1 fully saturated rings. The van der Waals surface area contributed by atoms with E-state index in [1.807, 2.05) is 24.3 Å². The van der Waals surface area contributed by atoms with Crippen LogP contribution in [0, 0.1) is 0 Å². The van der Waals surface area contributed by atoms with Crippen molar-refractivity contribution >= 4 is 0 Å². The van der Waals surface area contributed by atoms with Crippen LogP contribution in [0.25, 0.3) is 0 Å². The highest BCUT2D eigenvalue weighted by molar-refractivity contribution is 5.30. The maximum Gasteiger partial charge on any atom is 0.119 e. The summed E-state index contributed by atoms with van der Waals surface area (Å²) in [5.41, 5.74) is 0.674. The minimum atomic E-state index is -0.502. The molecule has 112 valence electrons. The number of nitrogens with zero attached hydrogens (tertiary/aromatic N) is 1. The molecule has 0 aromatic heterocycles. The van der Waals surface area contributed by atoms with Crippen molar-refractivity contribution in [2.24, 2.45) is 0 Å². The average molecular weight is 277 g/mol. The second kappa shape index (κ2) is 6.15. The monoisotopic (exact) mass is 277 g/mol. The van der Waals surface area contributed by atoms with Crippen LogP contribution in [0.3, 0.4) is 0 Å². The third-order valence-corrected chi connectivity index (χ3v) is 4.27. The Labute approximate surface area is 122 Å². The van der Waals surface area contributed by atoms with Crippen LogP contribution in [0.2, 0.25) is 0 Å². The van der Waals surface area contributed by atoms with Gasteiger partial charge in [0.2, 0.25) is 0 Å². The lowest BCUT2D eigenvalue weighted by Gasteiger charge is -2.41. The maximum atomic E-state index is 10.7. The van der Waals surface area contributed by atoms with E-state index in [2.05, 4.69) is 32.6 Å². The third kappa shape index (κ3) is 3.33. The van der Waals surface area contributed by atoms with Crippen molar-refractivity contribution in [2.75, 3.05) is 13.1 Å². The van der Waals surface area contributed by atoms with Gasteiger partial charge in [-0.15, -0.1) is 0 Å². The van der Waals surface area contributed by atoms with E-state index in [1.165, 1.54) is 12.8 Å². The van der Waals surface area contributed by atoms with E-state index >= 15 is 0 Å². The van der Waals surface area contributed by atoms with Gasteiger partial charge in [0.15, 0.2) is 0 Å². The molecule has 20 heavy (non-hydrogen) atoms. The molecule has 0 heterocycles. The summed E-state index contributed by atoms with van der Waals surface area (Å²) in [7, 11) is 0. The Bertz CT molecular complexity index is 419. The van der Waals surface area contributed by atoms with Crippen LogP contribution in [0.5, 0.6) is 5.75 Å². The first-order valence-corrected chi connectivity index (χ1v) is 7.68. The van der Waals surface area contributed by atoms with Gasteiger partial charge in [-0.25, -0.2) is 0 Å². The number of hydrogen-bond acceptors (Lipinski definition) is 3. The van der Waals surface area contributed by atoms with E-state index in [-0.39, 0.29) is 5.54 Å². The highest BCUT2D eigenvalue weighted by Gasteiger charge is 2.33. The molecule has 3 heteroatoms. The van der Waals surface area contributed by atoms with Gasteiger partial charge in [-0.05, 0) is 57.5 Å². The van der Waals surface area contributed by atoms with Gasteiger partial charge in [0, 0.05) is 5.54 Å². The summed E-state index contributed by atoms with van der Waals surface area (Å²) in [6.07, 6.45) is 2.24. The van der Waals surface area contributed by atoms with Crippen LogP contribution in [-0.4, -0.2) is 34.7 Å². The fourth-order valence-electron chi connectivity index (χ4n) is 2.73. The summed E-state index contributed by atoms with van der Waals surface area (Å²) in [5, 5.41) is 10.7. The van der Waals surface area contributed by atoms with E-state index in [0.717, 1.165) is 24.4 Å². The highest BCUT2D eigenvalue weighted by Crippen LogP contribution is 2.32. The predicted octanol–water partition coefficient (Wildman–Crippen LogP) is 3.38. The molecule has 1 N–H and O–H groups in total. The van der Waals surface area contributed by atoms with E-state index in [9.17, 15) is 5.11 Å². The van der Waals surface area contributed by atoms with Crippen molar-refractivity contribution in [1.82, 2.24) is 4.90 Å². The Morgan fingerprint density at radius 1 is 1.20 bits per heavy atom. The highest BCUT2D eigenvalue weighted by atomic mass is 16.5. The Morgan fingerprint density at radius 3 is 2.20 bits per heavy atom. The molecule has 0 amide bonds.